The Hall–Kier alpha value is -3.00. The van der Waals surface area contributed by atoms with E-state index in [4.69, 9.17) is 30.5 Å². The first-order valence-corrected chi connectivity index (χ1v) is 8.20. The van der Waals surface area contributed by atoms with Gasteiger partial charge in [-0.3, -0.25) is 4.79 Å². The van der Waals surface area contributed by atoms with Crippen LogP contribution in [0, 0.1) is 0 Å². The molecule has 9 heteroatoms. The Morgan fingerprint density at radius 2 is 1.70 bits per heavy atom. The van der Waals surface area contributed by atoms with Gasteiger partial charge in [0.15, 0.2) is 17.6 Å². The van der Waals surface area contributed by atoms with Gasteiger partial charge in [-0.1, -0.05) is 11.6 Å². The van der Waals surface area contributed by atoms with Gasteiger partial charge in [0.1, 0.15) is 5.82 Å². The number of halogens is 1. The molecule has 2 aromatic rings. The molecule has 0 saturated heterocycles. The number of pyridine rings is 1. The number of ether oxygens (including phenoxy) is 4. The molecule has 0 fully saturated rings. The minimum Gasteiger partial charge on any atom is -0.493 e. The quantitative estimate of drug-likeness (QED) is 0.721. The molecule has 1 heterocycles. The second-order valence-corrected chi connectivity index (χ2v) is 5.75. The number of methoxy groups -OCH3 is 3. The first-order chi connectivity index (χ1) is 12.9. The zero-order valence-electron chi connectivity index (χ0n) is 15.2. The van der Waals surface area contributed by atoms with Gasteiger partial charge in [0, 0.05) is 6.20 Å². The maximum Gasteiger partial charge on any atom is 0.339 e. The van der Waals surface area contributed by atoms with Crippen LogP contribution in [0.5, 0.6) is 17.2 Å². The monoisotopic (exact) mass is 394 g/mol. The molecule has 1 aromatic heterocycles. The lowest BCUT2D eigenvalue weighted by atomic mass is 10.2. The van der Waals surface area contributed by atoms with Crippen LogP contribution in [0.4, 0.5) is 5.82 Å². The molecular formula is C18H19ClN2O6. The highest BCUT2D eigenvalue weighted by Crippen LogP contribution is 2.38. The Labute approximate surface area is 161 Å². The summed E-state index contributed by atoms with van der Waals surface area (Å²) in [6.45, 7) is 1.45. The number of anilines is 1. The lowest BCUT2D eigenvalue weighted by Gasteiger charge is -2.16. The molecule has 2 rings (SSSR count). The molecule has 0 aliphatic carbocycles. The Balaban J connectivity index is 2.11. The first kappa shape index (κ1) is 20.3. The van der Waals surface area contributed by atoms with Crippen LogP contribution < -0.4 is 19.5 Å². The van der Waals surface area contributed by atoms with E-state index >= 15 is 0 Å². The van der Waals surface area contributed by atoms with Crippen LogP contribution in [-0.4, -0.2) is 44.3 Å². The molecule has 0 radical (unpaired) electrons. The summed E-state index contributed by atoms with van der Waals surface area (Å²) in [7, 11) is 4.32. The van der Waals surface area contributed by atoms with E-state index in [9.17, 15) is 9.59 Å². The van der Waals surface area contributed by atoms with Crippen LogP contribution in [0.2, 0.25) is 5.02 Å². The van der Waals surface area contributed by atoms with E-state index in [1.54, 1.807) is 6.07 Å². The van der Waals surface area contributed by atoms with Crippen molar-refractivity contribution >= 4 is 29.3 Å². The fourth-order valence-corrected chi connectivity index (χ4v) is 2.27. The summed E-state index contributed by atoms with van der Waals surface area (Å²) in [4.78, 5) is 28.5. The number of hydrogen-bond acceptors (Lipinski definition) is 7. The van der Waals surface area contributed by atoms with Gasteiger partial charge in [-0.05, 0) is 31.2 Å². The number of rotatable bonds is 7. The number of hydrogen-bond donors (Lipinski definition) is 1. The van der Waals surface area contributed by atoms with Gasteiger partial charge in [0.25, 0.3) is 5.91 Å². The number of esters is 1. The molecular weight excluding hydrogens is 376 g/mol. The van der Waals surface area contributed by atoms with Crippen molar-refractivity contribution in [1.29, 1.82) is 0 Å². The molecule has 144 valence electrons. The summed E-state index contributed by atoms with van der Waals surface area (Å²) in [5.74, 6) is -0.0274. The molecule has 1 atom stereocenters. The summed E-state index contributed by atoms with van der Waals surface area (Å²) >= 11 is 5.74. The van der Waals surface area contributed by atoms with E-state index in [1.807, 2.05) is 0 Å². The number of nitrogens with one attached hydrogen (secondary N) is 1. The van der Waals surface area contributed by atoms with Crippen molar-refractivity contribution < 1.29 is 28.5 Å². The average Bonchev–Trinajstić information content (AvgIpc) is 2.68. The Kier molecular flexibility index (Phi) is 6.84. The fraction of sp³-hybridized carbons (Fsp3) is 0.278. The molecule has 0 bridgehead atoms. The van der Waals surface area contributed by atoms with Gasteiger partial charge in [0.05, 0.1) is 31.9 Å². The third-order valence-corrected chi connectivity index (χ3v) is 3.76. The molecule has 1 N–H and O–H groups in total. The summed E-state index contributed by atoms with van der Waals surface area (Å²) in [5, 5.41) is 2.97. The number of benzene rings is 1. The second kappa shape index (κ2) is 9.09. The molecule has 27 heavy (non-hydrogen) atoms. The van der Waals surface area contributed by atoms with Crippen LogP contribution in [0.3, 0.4) is 0 Å². The van der Waals surface area contributed by atoms with Crippen molar-refractivity contribution in [3.05, 3.63) is 41.0 Å². The average molecular weight is 395 g/mol. The largest absolute Gasteiger partial charge is 0.493 e. The molecule has 1 amide bonds. The highest BCUT2D eigenvalue weighted by Gasteiger charge is 2.22. The predicted molar refractivity (Wildman–Crippen MR) is 98.9 cm³/mol. The standard InChI is InChI=1S/C18H19ClN2O6/c1-10(17(22)21-15-6-5-12(19)9-20-15)27-18(23)11-7-13(24-2)16(26-4)14(8-11)25-3/h5-10H,1-4H3,(H,20,21,22)/t10-/m1/s1. The Bertz CT molecular complexity index is 800. The van der Waals surface area contributed by atoms with Crippen molar-refractivity contribution in [2.24, 2.45) is 0 Å². The van der Waals surface area contributed by atoms with E-state index in [-0.39, 0.29) is 5.56 Å². The predicted octanol–water partition coefficient (Wildman–Crippen LogP) is 2.94. The number of carbonyl (C=O) groups excluding carboxylic acids is 2. The van der Waals surface area contributed by atoms with E-state index in [0.717, 1.165) is 0 Å². The zero-order chi connectivity index (χ0) is 20.0. The van der Waals surface area contributed by atoms with Gasteiger partial charge in [-0.25, -0.2) is 9.78 Å². The lowest BCUT2D eigenvalue weighted by Crippen LogP contribution is -2.30. The summed E-state index contributed by atoms with van der Waals surface area (Å²) < 4.78 is 20.8. The van der Waals surface area contributed by atoms with Gasteiger partial charge >= 0.3 is 5.97 Å². The molecule has 1 aromatic carbocycles. The number of amides is 1. The molecule has 0 spiro atoms. The molecule has 0 unspecified atom stereocenters. The van der Waals surface area contributed by atoms with Gasteiger partial charge < -0.3 is 24.3 Å². The van der Waals surface area contributed by atoms with Crippen LogP contribution in [0.1, 0.15) is 17.3 Å². The molecule has 0 aliphatic rings. The normalized spacial score (nSPS) is 11.3. The highest BCUT2D eigenvalue weighted by atomic mass is 35.5. The first-order valence-electron chi connectivity index (χ1n) is 7.83. The van der Waals surface area contributed by atoms with Crippen LogP contribution in [0.25, 0.3) is 0 Å². The second-order valence-electron chi connectivity index (χ2n) is 5.31. The third-order valence-electron chi connectivity index (χ3n) is 3.53. The van der Waals surface area contributed by atoms with Crippen molar-refractivity contribution in [3.63, 3.8) is 0 Å². The van der Waals surface area contributed by atoms with Crippen LogP contribution >= 0.6 is 11.6 Å². The third kappa shape index (κ3) is 5.01. The van der Waals surface area contributed by atoms with Crippen molar-refractivity contribution in [2.75, 3.05) is 26.6 Å². The SMILES string of the molecule is COc1cc(C(=O)O[C@H](C)C(=O)Nc2ccc(Cl)cn2)cc(OC)c1OC. The summed E-state index contributed by atoms with van der Waals surface area (Å²) in [6.07, 6.45) is 0.332. The summed E-state index contributed by atoms with van der Waals surface area (Å²) in [6, 6.07) is 5.99. The fourth-order valence-electron chi connectivity index (χ4n) is 2.16. The maximum atomic E-state index is 12.4. The molecule has 0 saturated carbocycles. The van der Waals surface area contributed by atoms with Gasteiger partial charge in [-0.2, -0.15) is 0 Å². The Morgan fingerprint density at radius 1 is 1.07 bits per heavy atom. The number of carbonyl (C=O) groups is 2. The van der Waals surface area contributed by atoms with Crippen molar-refractivity contribution in [3.8, 4) is 17.2 Å². The van der Waals surface area contributed by atoms with Crippen molar-refractivity contribution in [2.45, 2.75) is 13.0 Å². The van der Waals surface area contributed by atoms with E-state index in [0.29, 0.717) is 28.1 Å². The van der Waals surface area contributed by atoms with Gasteiger partial charge in [-0.15, -0.1) is 0 Å². The number of nitrogens with zero attached hydrogens (tertiary/aromatic N) is 1. The Morgan fingerprint density at radius 3 is 2.19 bits per heavy atom. The zero-order valence-corrected chi connectivity index (χ0v) is 16.0. The van der Waals surface area contributed by atoms with E-state index < -0.39 is 18.0 Å². The van der Waals surface area contributed by atoms with E-state index in [2.05, 4.69) is 10.3 Å². The minimum absolute atomic E-state index is 0.147. The highest BCUT2D eigenvalue weighted by molar-refractivity contribution is 6.30. The lowest BCUT2D eigenvalue weighted by molar-refractivity contribution is -0.123. The molecule has 8 nitrogen and oxygen atoms in total. The van der Waals surface area contributed by atoms with Crippen LogP contribution in [0.15, 0.2) is 30.5 Å². The van der Waals surface area contributed by atoms with Crippen LogP contribution in [-0.2, 0) is 9.53 Å². The topological polar surface area (TPSA) is 96.0 Å². The smallest absolute Gasteiger partial charge is 0.339 e. The minimum atomic E-state index is -1.06. The van der Waals surface area contributed by atoms with Crippen molar-refractivity contribution in [1.82, 2.24) is 4.98 Å². The summed E-state index contributed by atoms with van der Waals surface area (Å²) in [5.41, 5.74) is 0.147. The maximum absolute atomic E-state index is 12.4. The van der Waals surface area contributed by atoms with Gasteiger partial charge in [0.2, 0.25) is 5.75 Å². The molecule has 0 aliphatic heterocycles. The number of aromatic nitrogens is 1. The van der Waals surface area contributed by atoms with E-state index in [1.165, 1.54) is 52.6 Å².